The van der Waals surface area contributed by atoms with E-state index in [1.165, 1.54) is 11.1 Å². The van der Waals surface area contributed by atoms with Gasteiger partial charge < -0.3 is 9.84 Å². The molecule has 1 N–H and O–H groups in total. The third-order valence-corrected chi connectivity index (χ3v) is 4.09. The van der Waals surface area contributed by atoms with E-state index >= 15 is 0 Å². The molecule has 0 aliphatic carbocycles. The standard InChI is InChI=1S/C15H20N4O.ClH/c1-10-5-4-6-12(11(10)2)15-17-14(18-20-15)13-9-16-7-8-19(13)3;/h4-6,13,16H,7-9H2,1-3H3;1H. The number of nitrogens with one attached hydrogen (secondary N) is 1. The Labute approximate surface area is 131 Å². The molecule has 1 saturated heterocycles. The predicted octanol–water partition coefficient (Wildman–Crippen LogP) is 2.35. The second-order valence-electron chi connectivity index (χ2n) is 5.41. The van der Waals surface area contributed by atoms with Crippen LogP contribution in [0.5, 0.6) is 0 Å². The fourth-order valence-electron chi connectivity index (χ4n) is 2.56. The van der Waals surface area contributed by atoms with E-state index in [4.69, 9.17) is 4.52 Å². The number of piperazine rings is 1. The maximum absolute atomic E-state index is 5.47. The summed E-state index contributed by atoms with van der Waals surface area (Å²) >= 11 is 0. The van der Waals surface area contributed by atoms with Crippen LogP contribution in [-0.2, 0) is 0 Å². The Morgan fingerprint density at radius 3 is 2.90 bits per heavy atom. The van der Waals surface area contributed by atoms with Gasteiger partial charge in [0.05, 0.1) is 6.04 Å². The monoisotopic (exact) mass is 308 g/mol. The van der Waals surface area contributed by atoms with Gasteiger partial charge >= 0.3 is 0 Å². The molecule has 21 heavy (non-hydrogen) atoms. The number of benzene rings is 1. The molecule has 6 heteroatoms. The van der Waals surface area contributed by atoms with E-state index < -0.39 is 0 Å². The largest absolute Gasteiger partial charge is 0.334 e. The molecule has 1 aromatic heterocycles. The molecule has 1 fully saturated rings. The quantitative estimate of drug-likeness (QED) is 0.923. The Balaban J connectivity index is 0.00000161. The van der Waals surface area contributed by atoms with E-state index in [9.17, 15) is 0 Å². The van der Waals surface area contributed by atoms with Gasteiger partial charge in [-0.1, -0.05) is 17.3 Å². The fourth-order valence-corrected chi connectivity index (χ4v) is 2.56. The lowest BCUT2D eigenvalue weighted by Gasteiger charge is -2.30. The summed E-state index contributed by atoms with van der Waals surface area (Å²) in [7, 11) is 2.10. The number of aromatic nitrogens is 2. The first-order valence-corrected chi connectivity index (χ1v) is 6.98. The molecule has 2 heterocycles. The summed E-state index contributed by atoms with van der Waals surface area (Å²) in [6.07, 6.45) is 0. The molecule has 1 aromatic carbocycles. The summed E-state index contributed by atoms with van der Waals surface area (Å²) in [5.41, 5.74) is 3.45. The minimum absolute atomic E-state index is 0. The molecule has 3 rings (SSSR count). The van der Waals surface area contributed by atoms with Crippen LogP contribution in [0.15, 0.2) is 22.7 Å². The minimum atomic E-state index is 0. The molecule has 2 aromatic rings. The average Bonchev–Trinajstić information content (AvgIpc) is 2.92. The van der Waals surface area contributed by atoms with Crippen molar-refractivity contribution in [2.45, 2.75) is 19.9 Å². The zero-order valence-electron chi connectivity index (χ0n) is 12.6. The Morgan fingerprint density at radius 1 is 1.33 bits per heavy atom. The van der Waals surface area contributed by atoms with Crippen LogP contribution in [0.3, 0.4) is 0 Å². The fraction of sp³-hybridized carbons (Fsp3) is 0.467. The predicted molar refractivity (Wildman–Crippen MR) is 84.7 cm³/mol. The normalized spacial score (nSPS) is 19.3. The van der Waals surface area contributed by atoms with Crippen molar-refractivity contribution in [3.05, 3.63) is 35.2 Å². The molecule has 1 aliphatic heterocycles. The maximum Gasteiger partial charge on any atom is 0.258 e. The highest BCUT2D eigenvalue weighted by Gasteiger charge is 2.25. The van der Waals surface area contributed by atoms with Crippen molar-refractivity contribution >= 4 is 12.4 Å². The van der Waals surface area contributed by atoms with Crippen LogP contribution in [0.4, 0.5) is 0 Å². The van der Waals surface area contributed by atoms with Gasteiger partial charge in [0.25, 0.3) is 5.89 Å². The van der Waals surface area contributed by atoms with E-state index in [2.05, 4.69) is 47.3 Å². The van der Waals surface area contributed by atoms with Crippen LogP contribution in [0.2, 0.25) is 0 Å². The second-order valence-corrected chi connectivity index (χ2v) is 5.41. The van der Waals surface area contributed by atoms with Crippen molar-refractivity contribution in [1.29, 1.82) is 0 Å². The Morgan fingerprint density at radius 2 is 2.14 bits per heavy atom. The third kappa shape index (κ3) is 3.10. The van der Waals surface area contributed by atoms with Gasteiger partial charge in [0.15, 0.2) is 5.82 Å². The maximum atomic E-state index is 5.47. The van der Waals surface area contributed by atoms with E-state index in [0.717, 1.165) is 31.0 Å². The molecular formula is C15H21ClN4O. The summed E-state index contributed by atoms with van der Waals surface area (Å²) in [6.45, 7) is 7.05. The second kappa shape index (κ2) is 6.56. The highest BCUT2D eigenvalue weighted by Crippen LogP contribution is 2.26. The van der Waals surface area contributed by atoms with Gasteiger partial charge in [-0.2, -0.15) is 4.98 Å². The SMILES string of the molecule is Cc1cccc(-c2nc(C3CNCCN3C)no2)c1C.Cl. The topological polar surface area (TPSA) is 54.2 Å². The Bertz CT molecular complexity index is 613. The molecule has 0 bridgehead atoms. The van der Waals surface area contributed by atoms with E-state index in [0.29, 0.717) is 5.89 Å². The number of halogens is 1. The van der Waals surface area contributed by atoms with Gasteiger partial charge in [-0.05, 0) is 38.1 Å². The molecule has 0 spiro atoms. The minimum Gasteiger partial charge on any atom is -0.334 e. The zero-order chi connectivity index (χ0) is 14.1. The number of likely N-dealkylation sites (N-methyl/N-ethyl adjacent to an activating group) is 1. The van der Waals surface area contributed by atoms with Gasteiger partial charge in [0.2, 0.25) is 0 Å². The summed E-state index contributed by atoms with van der Waals surface area (Å²) in [6, 6.07) is 6.33. The number of hydrogen-bond acceptors (Lipinski definition) is 5. The van der Waals surface area contributed by atoms with Gasteiger partial charge in [-0.15, -0.1) is 12.4 Å². The first kappa shape index (κ1) is 15.9. The van der Waals surface area contributed by atoms with Crippen molar-refractivity contribution < 1.29 is 4.52 Å². The summed E-state index contributed by atoms with van der Waals surface area (Å²) in [5, 5.41) is 7.54. The molecule has 1 aliphatic rings. The highest BCUT2D eigenvalue weighted by atomic mass is 35.5. The Kier molecular flexibility index (Phi) is 4.98. The molecule has 5 nitrogen and oxygen atoms in total. The van der Waals surface area contributed by atoms with Gasteiger partial charge in [0, 0.05) is 25.2 Å². The molecule has 0 amide bonds. The van der Waals surface area contributed by atoms with Crippen LogP contribution < -0.4 is 5.32 Å². The molecule has 114 valence electrons. The average molecular weight is 309 g/mol. The smallest absolute Gasteiger partial charge is 0.258 e. The van der Waals surface area contributed by atoms with Crippen LogP contribution in [-0.4, -0.2) is 41.7 Å². The molecule has 0 saturated carbocycles. The van der Waals surface area contributed by atoms with E-state index in [1.807, 2.05) is 12.1 Å². The summed E-state index contributed by atoms with van der Waals surface area (Å²) < 4.78 is 5.47. The number of aryl methyl sites for hydroxylation is 1. The lowest BCUT2D eigenvalue weighted by atomic mass is 10.0. The highest BCUT2D eigenvalue weighted by molar-refractivity contribution is 5.85. The lowest BCUT2D eigenvalue weighted by molar-refractivity contribution is 0.190. The molecule has 1 unspecified atom stereocenters. The first-order chi connectivity index (χ1) is 9.66. The molecule has 1 atom stereocenters. The van der Waals surface area contributed by atoms with Crippen molar-refractivity contribution in [2.24, 2.45) is 0 Å². The zero-order valence-corrected chi connectivity index (χ0v) is 13.4. The summed E-state index contributed by atoms with van der Waals surface area (Å²) in [5.74, 6) is 1.37. The third-order valence-electron chi connectivity index (χ3n) is 4.09. The van der Waals surface area contributed by atoms with Crippen LogP contribution >= 0.6 is 12.4 Å². The van der Waals surface area contributed by atoms with Gasteiger partial charge in [0.1, 0.15) is 0 Å². The van der Waals surface area contributed by atoms with Crippen molar-refractivity contribution in [3.63, 3.8) is 0 Å². The van der Waals surface area contributed by atoms with Crippen molar-refractivity contribution in [2.75, 3.05) is 26.7 Å². The van der Waals surface area contributed by atoms with E-state index in [1.54, 1.807) is 0 Å². The van der Waals surface area contributed by atoms with Crippen LogP contribution in [0.25, 0.3) is 11.5 Å². The van der Waals surface area contributed by atoms with Crippen LogP contribution in [0, 0.1) is 13.8 Å². The summed E-state index contributed by atoms with van der Waals surface area (Å²) in [4.78, 5) is 6.86. The van der Waals surface area contributed by atoms with E-state index in [-0.39, 0.29) is 18.4 Å². The number of hydrogen-bond donors (Lipinski definition) is 1. The lowest BCUT2D eigenvalue weighted by Crippen LogP contribution is -2.44. The molecular weight excluding hydrogens is 288 g/mol. The van der Waals surface area contributed by atoms with Gasteiger partial charge in [-0.3, -0.25) is 4.90 Å². The first-order valence-electron chi connectivity index (χ1n) is 6.98. The van der Waals surface area contributed by atoms with Crippen molar-refractivity contribution in [3.8, 4) is 11.5 Å². The Hall–Kier alpha value is -1.43. The van der Waals surface area contributed by atoms with Crippen molar-refractivity contribution in [1.82, 2.24) is 20.4 Å². The van der Waals surface area contributed by atoms with Gasteiger partial charge in [-0.25, -0.2) is 0 Å². The van der Waals surface area contributed by atoms with Crippen LogP contribution in [0.1, 0.15) is 23.0 Å². The number of rotatable bonds is 2. The molecule has 0 radical (unpaired) electrons. The number of nitrogens with zero attached hydrogens (tertiary/aromatic N) is 3.